The smallest absolute Gasteiger partial charge is 0.296 e. The highest BCUT2D eigenvalue weighted by Crippen LogP contribution is 2.35. The summed E-state index contributed by atoms with van der Waals surface area (Å²) in [7, 11) is 1.48. The zero-order valence-corrected chi connectivity index (χ0v) is 21.2. The van der Waals surface area contributed by atoms with E-state index >= 15 is 0 Å². The summed E-state index contributed by atoms with van der Waals surface area (Å²) in [5.41, 5.74) is -0.123. The standard InChI is InChI=1S/C24H31F2N7O3/c1-23(2)14-36-24(3,4)13-32(23)21-28-20(31-9-11-35-12-10-31)29-22(30-21)33-15-7-6-8-16(34-5)17(15)27-19(33)18(25)26/h6-8,18H,9-14H2,1-5H3. The number of hydrogen-bond donors (Lipinski definition) is 0. The number of aromatic nitrogens is 5. The molecule has 2 fully saturated rings. The third-order valence-electron chi connectivity index (χ3n) is 6.51. The zero-order chi connectivity index (χ0) is 25.7. The average molecular weight is 504 g/mol. The van der Waals surface area contributed by atoms with E-state index in [4.69, 9.17) is 24.2 Å². The van der Waals surface area contributed by atoms with Gasteiger partial charge in [-0.05, 0) is 39.8 Å². The number of halogens is 2. The molecular weight excluding hydrogens is 472 g/mol. The molecule has 0 bridgehead atoms. The van der Waals surface area contributed by atoms with Gasteiger partial charge in [-0.2, -0.15) is 15.0 Å². The van der Waals surface area contributed by atoms with E-state index in [1.54, 1.807) is 18.2 Å². The number of imidazole rings is 1. The quantitative estimate of drug-likeness (QED) is 0.520. The van der Waals surface area contributed by atoms with E-state index in [9.17, 15) is 8.78 Å². The summed E-state index contributed by atoms with van der Waals surface area (Å²) in [6.07, 6.45) is -2.85. The van der Waals surface area contributed by atoms with E-state index in [2.05, 4.69) is 14.9 Å². The fraction of sp³-hybridized carbons (Fsp3) is 0.583. The minimum atomic E-state index is -2.85. The molecule has 2 saturated heterocycles. The molecule has 10 nitrogen and oxygen atoms in total. The molecule has 0 aliphatic carbocycles. The predicted molar refractivity (Wildman–Crippen MR) is 130 cm³/mol. The lowest BCUT2D eigenvalue weighted by atomic mass is 9.97. The molecule has 2 aromatic heterocycles. The third kappa shape index (κ3) is 4.43. The summed E-state index contributed by atoms with van der Waals surface area (Å²) in [5, 5.41) is 0. The molecule has 0 spiro atoms. The van der Waals surface area contributed by atoms with Gasteiger partial charge < -0.3 is 24.0 Å². The lowest BCUT2D eigenvalue weighted by molar-refractivity contribution is -0.0632. The molecule has 0 amide bonds. The first-order valence-electron chi connectivity index (χ1n) is 11.9. The lowest BCUT2D eigenvalue weighted by Crippen LogP contribution is -2.60. The number of ether oxygens (including phenoxy) is 3. The Morgan fingerprint density at radius 3 is 2.36 bits per heavy atom. The van der Waals surface area contributed by atoms with Crippen LogP contribution in [0, 0.1) is 0 Å². The van der Waals surface area contributed by atoms with Crippen LogP contribution in [-0.4, -0.2) is 82.2 Å². The molecule has 36 heavy (non-hydrogen) atoms. The number of benzene rings is 1. The van der Waals surface area contributed by atoms with Crippen molar-refractivity contribution in [3.8, 4) is 11.7 Å². The van der Waals surface area contributed by atoms with Gasteiger partial charge in [0.2, 0.25) is 17.8 Å². The molecule has 4 heterocycles. The molecule has 0 saturated carbocycles. The second-order valence-electron chi connectivity index (χ2n) is 10.2. The Morgan fingerprint density at radius 1 is 0.972 bits per heavy atom. The summed E-state index contributed by atoms with van der Waals surface area (Å²) in [6.45, 7) is 11.3. The first-order valence-corrected chi connectivity index (χ1v) is 11.9. The van der Waals surface area contributed by atoms with Crippen molar-refractivity contribution in [2.45, 2.75) is 45.3 Å². The maximum atomic E-state index is 14.3. The number of fused-ring (bicyclic) bond motifs is 1. The Hall–Kier alpha value is -3.12. The van der Waals surface area contributed by atoms with Gasteiger partial charge in [0.25, 0.3) is 6.43 Å². The van der Waals surface area contributed by atoms with Crippen molar-refractivity contribution in [3.63, 3.8) is 0 Å². The van der Waals surface area contributed by atoms with Crippen LogP contribution in [0.4, 0.5) is 20.7 Å². The van der Waals surface area contributed by atoms with Gasteiger partial charge in [-0.3, -0.25) is 4.57 Å². The van der Waals surface area contributed by atoms with Crippen molar-refractivity contribution in [3.05, 3.63) is 24.0 Å². The van der Waals surface area contributed by atoms with E-state index in [0.29, 0.717) is 68.1 Å². The number of alkyl halides is 2. The Bertz CT molecular complexity index is 1260. The summed E-state index contributed by atoms with van der Waals surface area (Å²) in [5.74, 6) is 0.817. The molecule has 0 atom stereocenters. The molecule has 1 aromatic carbocycles. The average Bonchev–Trinajstić information content (AvgIpc) is 3.26. The van der Waals surface area contributed by atoms with E-state index in [1.807, 2.05) is 32.6 Å². The van der Waals surface area contributed by atoms with E-state index in [1.165, 1.54) is 11.7 Å². The van der Waals surface area contributed by atoms with E-state index < -0.39 is 23.4 Å². The van der Waals surface area contributed by atoms with Crippen LogP contribution in [0.25, 0.3) is 17.0 Å². The molecular formula is C24H31F2N7O3. The molecule has 0 unspecified atom stereocenters. The van der Waals surface area contributed by atoms with Gasteiger partial charge in [0, 0.05) is 19.6 Å². The molecule has 2 aliphatic heterocycles. The van der Waals surface area contributed by atoms with Crippen LogP contribution in [-0.2, 0) is 9.47 Å². The highest BCUT2D eigenvalue weighted by molar-refractivity contribution is 5.84. The van der Waals surface area contributed by atoms with Crippen molar-refractivity contribution in [1.82, 2.24) is 24.5 Å². The Labute approximate surface area is 208 Å². The van der Waals surface area contributed by atoms with Gasteiger partial charge >= 0.3 is 0 Å². The van der Waals surface area contributed by atoms with Crippen molar-refractivity contribution < 1.29 is 23.0 Å². The predicted octanol–water partition coefficient (Wildman–Crippen LogP) is 3.39. The highest BCUT2D eigenvalue weighted by atomic mass is 19.3. The van der Waals surface area contributed by atoms with Crippen molar-refractivity contribution >= 4 is 22.9 Å². The molecule has 194 valence electrons. The Kier molecular flexibility index (Phi) is 6.19. The van der Waals surface area contributed by atoms with Gasteiger partial charge in [0.05, 0.1) is 43.6 Å². The first kappa shape index (κ1) is 24.6. The van der Waals surface area contributed by atoms with Crippen molar-refractivity contribution in [2.75, 3.05) is 56.4 Å². The molecule has 12 heteroatoms. The number of morpholine rings is 2. The number of hydrogen-bond acceptors (Lipinski definition) is 9. The normalized spacial score (nSPS) is 19.8. The van der Waals surface area contributed by atoms with E-state index in [-0.39, 0.29) is 5.95 Å². The van der Waals surface area contributed by atoms with Gasteiger partial charge in [0.15, 0.2) is 5.82 Å². The number of rotatable bonds is 5. The monoisotopic (exact) mass is 503 g/mol. The van der Waals surface area contributed by atoms with Crippen LogP contribution in [0.5, 0.6) is 5.75 Å². The summed E-state index contributed by atoms with van der Waals surface area (Å²) >= 11 is 0. The summed E-state index contributed by atoms with van der Waals surface area (Å²) in [4.78, 5) is 22.5. The molecule has 3 aromatic rings. The SMILES string of the molecule is COc1cccc2c1nc(C(F)F)n2-c1nc(N2CCOCC2)nc(N2CC(C)(C)OCC2(C)C)n1. The highest BCUT2D eigenvalue weighted by Gasteiger charge is 2.41. The lowest BCUT2D eigenvalue weighted by Gasteiger charge is -2.48. The van der Waals surface area contributed by atoms with Gasteiger partial charge in [-0.25, -0.2) is 13.8 Å². The maximum Gasteiger partial charge on any atom is 0.296 e. The van der Waals surface area contributed by atoms with Crippen LogP contribution in [0.1, 0.15) is 39.9 Å². The second-order valence-corrected chi connectivity index (χ2v) is 10.2. The van der Waals surface area contributed by atoms with Crippen LogP contribution in [0.3, 0.4) is 0 Å². The van der Waals surface area contributed by atoms with Gasteiger partial charge in [0.1, 0.15) is 11.3 Å². The van der Waals surface area contributed by atoms with Gasteiger partial charge in [-0.1, -0.05) is 6.07 Å². The second kappa shape index (κ2) is 9.07. The van der Waals surface area contributed by atoms with Crippen molar-refractivity contribution in [1.29, 1.82) is 0 Å². The molecule has 0 radical (unpaired) electrons. The van der Waals surface area contributed by atoms with Crippen molar-refractivity contribution in [2.24, 2.45) is 0 Å². The minimum Gasteiger partial charge on any atom is -0.494 e. The molecule has 0 N–H and O–H groups in total. The summed E-state index contributed by atoms with van der Waals surface area (Å²) < 4.78 is 46.8. The first-order chi connectivity index (χ1) is 17.1. The Balaban J connectivity index is 1.73. The summed E-state index contributed by atoms with van der Waals surface area (Å²) in [6, 6.07) is 5.12. The largest absolute Gasteiger partial charge is 0.494 e. The van der Waals surface area contributed by atoms with Crippen LogP contribution < -0.4 is 14.5 Å². The van der Waals surface area contributed by atoms with Gasteiger partial charge in [-0.15, -0.1) is 0 Å². The maximum absolute atomic E-state index is 14.3. The number of nitrogens with zero attached hydrogens (tertiary/aromatic N) is 7. The fourth-order valence-corrected chi connectivity index (χ4v) is 4.51. The van der Waals surface area contributed by atoms with Crippen LogP contribution >= 0.6 is 0 Å². The molecule has 5 rings (SSSR count). The molecule has 2 aliphatic rings. The zero-order valence-electron chi connectivity index (χ0n) is 21.2. The number of para-hydroxylation sites is 1. The number of anilines is 2. The topological polar surface area (TPSA) is 90.7 Å². The third-order valence-corrected chi connectivity index (χ3v) is 6.51. The van der Waals surface area contributed by atoms with E-state index in [0.717, 1.165) is 0 Å². The fourth-order valence-electron chi connectivity index (χ4n) is 4.51. The Morgan fingerprint density at radius 2 is 1.67 bits per heavy atom. The van der Waals surface area contributed by atoms with Crippen LogP contribution in [0.15, 0.2) is 18.2 Å². The van der Waals surface area contributed by atoms with Crippen LogP contribution in [0.2, 0.25) is 0 Å². The minimum absolute atomic E-state index is 0.0765. The number of methoxy groups -OCH3 is 1.